The van der Waals surface area contributed by atoms with Gasteiger partial charge in [-0.05, 0) is 18.6 Å². The predicted molar refractivity (Wildman–Crippen MR) is 70.1 cm³/mol. The molecule has 1 aromatic carbocycles. The maximum Gasteiger partial charge on any atom is 0.230 e. The van der Waals surface area contributed by atoms with Gasteiger partial charge in [0.2, 0.25) is 11.8 Å². The lowest BCUT2D eigenvalue weighted by Gasteiger charge is -2.21. The fraction of sp³-hybridized carbons (Fsp3) is 0.273. The Labute approximate surface area is 114 Å². The van der Waals surface area contributed by atoms with E-state index in [1.165, 1.54) is 19.9 Å². The van der Waals surface area contributed by atoms with Gasteiger partial charge in [-0.2, -0.15) is 0 Å². The van der Waals surface area contributed by atoms with Gasteiger partial charge in [0.1, 0.15) is 0 Å². The van der Waals surface area contributed by atoms with E-state index in [2.05, 4.69) is 0 Å². The summed E-state index contributed by atoms with van der Waals surface area (Å²) in [6.07, 6.45) is 0. The van der Waals surface area contributed by atoms with E-state index in [9.17, 15) is 9.59 Å². The molecule has 0 atom stereocenters. The van der Waals surface area contributed by atoms with E-state index in [4.69, 9.17) is 34.8 Å². The topological polar surface area (TPSA) is 37.4 Å². The third-order valence-electron chi connectivity index (χ3n) is 2.23. The highest BCUT2D eigenvalue weighted by Gasteiger charge is 2.24. The number of benzene rings is 1. The quantitative estimate of drug-likeness (QED) is 0.789. The number of halogens is 3. The lowest BCUT2D eigenvalue weighted by molar-refractivity contribution is -0.124. The molecule has 17 heavy (non-hydrogen) atoms. The van der Waals surface area contributed by atoms with Crippen molar-refractivity contribution in [3.8, 4) is 0 Å². The molecule has 0 aromatic heterocycles. The smallest absolute Gasteiger partial charge is 0.230 e. The molecule has 1 aromatic rings. The summed E-state index contributed by atoms with van der Waals surface area (Å²) in [4.78, 5) is 23.8. The summed E-state index contributed by atoms with van der Waals surface area (Å²) >= 11 is 17.9. The monoisotopic (exact) mass is 293 g/mol. The highest BCUT2D eigenvalue weighted by molar-refractivity contribution is 6.44. The van der Waals surface area contributed by atoms with Crippen LogP contribution < -0.4 is 4.90 Å². The van der Waals surface area contributed by atoms with Crippen molar-refractivity contribution >= 4 is 52.3 Å². The minimum Gasteiger partial charge on any atom is -0.274 e. The van der Waals surface area contributed by atoms with Gasteiger partial charge in [0.25, 0.3) is 0 Å². The standard InChI is InChI=1S/C11H10Cl3NO2/c1-5-8(12)4-9(13)11(10(5)14)15(6(2)16)7(3)17/h4H,1-3H3. The Morgan fingerprint density at radius 3 is 1.94 bits per heavy atom. The van der Waals surface area contributed by atoms with Crippen molar-refractivity contribution < 1.29 is 9.59 Å². The van der Waals surface area contributed by atoms with Crippen molar-refractivity contribution in [3.63, 3.8) is 0 Å². The summed E-state index contributed by atoms with van der Waals surface area (Å²) < 4.78 is 0. The Bertz CT molecular complexity index is 486. The van der Waals surface area contributed by atoms with Crippen LogP contribution in [-0.4, -0.2) is 11.8 Å². The molecule has 0 unspecified atom stereocenters. The van der Waals surface area contributed by atoms with E-state index in [0.717, 1.165) is 4.90 Å². The minimum atomic E-state index is -0.456. The Balaban J connectivity index is 3.54. The third kappa shape index (κ3) is 2.73. The Morgan fingerprint density at radius 1 is 1.06 bits per heavy atom. The number of carbonyl (C=O) groups excluding carboxylic acids is 2. The molecule has 6 heteroatoms. The number of carbonyl (C=O) groups is 2. The van der Waals surface area contributed by atoms with Crippen LogP contribution in [-0.2, 0) is 9.59 Å². The fourth-order valence-electron chi connectivity index (χ4n) is 1.42. The van der Waals surface area contributed by atoms with Gasteiger partial charge >= 0.3 is 0 Å². The molecule has 0 fully saturated rings. The van der Waals surface area contributed by atoms with Crippen LogP contribution in [0.4, 0.5) is 5.69 Å². The SMILES string of the molecule is CC(=O)N(C(C)=O)c1c(Cl)cc(Cl)c(C)c1Cl. The Hall–Kier alpha value is -0.770. The summed E-state index contributed by atoms with van der Waals surface area (Å²) in [6, 6.07) is 1.46. The number of nitrogens with zero attached hydrogens (tertiary/aromatic N) is 1. The molecule has 3 nitrogen and oxygen atoms in total. The van der Waals surface area contributed by atoms with E-state index < -0.39 is 11.8 Å². The number of amides is 2. The molecular weight excluding hydrogens is 284 g/mol. The first-order chi connectivity index (χ1) is 7.77. The molecule has 0 saturated carbocycles. The van der Waals surface area contributed by atoms with Crippen LogP contribution in [0.1, 0.15) is 19.4 Å². The van der Waals surface area contributed by atoms with Crippen molar-refractivity contribution in [1.82, 2.24) is 0 Å². The average molecular weight is 295 g/mol. The van der Waals surface area contributed by atoms with Crippen molar-refractivity contribution in [3.05, 3.63) is 26.7 Å². The summed E-state index contributed by atoms with van der Waals surface area (Å²) in [5, 5.41) is 0.750. The van der Waals surface area contributed by atoms with E-state index in [0.29, 0.717) is 10.6 Å². The molecule has 0 aliphatic carbocycles. The van der Waals surface area contributed by atoms with E-state index >= 15 is 0 Å². The van der Waals surface area contributed by atoms with Crippen molar-refractivity contribution in [2.75, 3.05) is 4.90 Å². The summed E-state index contributed by atoms with van der Waals surface area (Å²) in [5.74, 6) is -0.911. The maximum absolute atomic E-state index is 11.4. The van der Waals surface area contributed by atoms with Crippen molar-refractivity contribution in [2.24, 2.45) is 0 Å². The van der Waals surface area contributed by atoms with E-state index in [1.807, 2.05) is 0 Å². The normalized spacial score (nSPS) is 10.2. The lowest BCUT2D eigenvalue weighted by Crippen LogP contribution is -2.33. The number of hydrogen-bond donors (Lipinski definition) is 0. The number of rotatable bonds is 1. The largest absolute Gasteiger partial charge is 0.274 e. The van der Waals surface area contributed by atoms with Crippen LogP contribution >= 0.6 is 34.8 Å². The molecule has 0 aliphatic heterocycles. The molecule has 0 radical (unpaired) electrons. The van der Waals surface area contributed by atoms with Crippen molar-refractivity contribution in [1.29, 1.82) is 0 Å². The molecule has 0 saturated heterocycles. The second-order valence-electron chi connectivity index (χ2n) is 3.50. The molecule has 0 spiro atoms. The Kier molecular flexibility index (Phi) is 4.42. The fourth-order valence-corrected chi connectivity index (χ4v) is 2.35. The zero-order valence-electron chi connectivity index (χ0n) is 9.47. The summed E-state index contributed by atoms with van der Waals surface area (Å²) in [5.41, 5.74) is 0.746. The number of anilines is 1. The van der Waals surface area contributed by atoms with Gasteiger partial charge in [-0.3, -0.25) is 9.59 Å². The molecule has 0 bridgehead atoms. The van der Waals surface area contributed by atoms with Gasteiger partial charge in [0.15, 0.2) is 0 Å². The van der Waals surface area contributed by atoms with Gasteiger partial charge in [-0.25, -0.2) is 4.90 Å². The van der Waals surface area contributed by atoms with Gasteiger partial charge in [-0.1, -0.05) is 34.8 Å². The molecule has 1 rings (SSSR count). The zero-order valence-corrected chi connectivity index (χ0v) is 11.7. The lowest BCUT2D eigenvalue weighted by atomic mass is 10.2. The van der Waals surface area contributed by atoms with Gasteiger partial charge in [0, 0.05) is 18.9 Å². The van der Waals surface area contributed by atoms with Gasteiger partial charge in [0.05, 0.1) is 15.7 Å². The van der Waals surface area contributed by atoms with Crippen LogP contribution in [0.5, 0.6) is 0 Å². The molecule has 92 valence electrons. The van der Waals surface area contributed by atoms with Crippen LogP contribution in [0.2, 0.25) is 15.1 Å². The first-order valence-corrected chi connectivity index (χ1v) is 5.86. The average Bonchev–Trinajstić information content (AvgIpc) is 2.19. The second kappa shape index (κ2) is 5.25. The minimum absolute atomic E-state index is 0.163. The summed E-state index contributed by atoms with van der Waals surface area (Å²) in [6.45, 7) is 4.21. The third-order valence-corrected chi connectivity index (χ3v) is 3.37. The van der Waals surface area contributed by atoms with Gasteiger partial charge < -0.3 is 0 Å². The second-order valence-corrected chi connectivity index (χ2v) is 4.69. The number of hydrogen-bond acceptors (Lipinski definition) is 2. The van der Waals surface area contributed by atoms with Crippen LogP contribution in [0, 0.1) is 6.92 Å². The molecule has 0 aliphatic rings. The summed E-state index contributed by atoms with van der Waals surface area (Å²) in [7, 11) is 0. The van der Waals surface area contributed by atoms with Crippen molar-refractivity contribution in [2.45, 2.75) is 20.8 Å². The molecular formula is C11H10Cl3NO2. The van der Waals surface area contributed by atoms with Crippen LogP contribution in [0.15, 0.2) is 6.07 Å². The van der Waals surface area contributed by atoms with Gasteiger partial charge in [-0.15, -0.1) is 0 Å². The molecule has 2 amide bonds. The zero-order chi connectivity index (χ0) is 13.3. The first-order valence-electron chi connectivity index (χ1n) is 4.72. The van der Waals surface area contributed by atoms with Crippen LogP contribution in [0.25, 0.3) is 0 Å². The van der Waals surface area contributed by atoms with Crippen LogP contribution in [0.3, 0.4) is 0 Å². The highest BCUT2D eigenvalue weighted by atomic mass is 35.5. The molecule has 0 heterocycles. The molecule has 0 N–H and O–H groups in total. The maximum atomic E-state index is 11.4. The highest BCUT2D eigenvalue weighted by Crippen LogP contribution is 2.40. The predicted octanol–water partition coefficient (Wildman–Crippen LogP) is 3.85. The Morgan fingerprint density at radius 2 is 1.53 bits per heavy atom. The van der Waals surface area contributed by atoms with E-state index in [-0.39, 0.29) is 15.7 Å². The number of imide groups is 1. The van der Waals surface area contributed by atoms with E-state index in [1.54, 1.807) is 6.92 Å². The first kappa shape index (κ1) is 14.3.